The van der Waals surface area contributed by atoms with E-state index in [1.165, 1.54) is 5.56 Å². The van der Waals surface area contributed by atoms with Crippen LogP contribution in [0.15, 0.2) is 42.7 Å². The molecule has 0 spiro atoms. The number of methoxy groups -OCH3 is 1. The number of piperazine rings is 1. The Morgan fingerprint density at radius 1 is 1.04 bits per heavy atom. The maximum absolute atomic E-state index is 5.52. The number of hydrogen-bond donors (Lipinski definition) is 1. The minimum absolute atomic E-state index is 0. The van der Waals surface area contributed by atoms with Crippen molar-refractivity contribution in [2.24, 2.45) is 0 Å². The predicted molar refractivity (Wildman–Crippen MR) is 117 cm³/mol. The van der Waals surface area contributed by atoms with Crippen molar-refractivity contribution in [1.29, 1.82) is 0 Å². The number of ether oxygens (including phenoxy) is 1. The molecule has 1 aliphatic heterocycles. The van der Waals surface area contributed by atoms with Crippen LogP contribution in [0, 0.1) is 0 Å². The van der Waals surface area contributed by atoms with Crippen molar-refractivity contribution in [3.63, 3.8) is 0 Å². The summed E-state index contributed by atoms with van der Waals surface area (Å²) >= 11 is 0. The van der Waals surface area contributed by atoms with Crippen LogP contribution in [0.3, 0.4) is 0 Å². The Balaban J connectivity index is 0.00000140. The quantitative estimate of drug-likeness (QED) is 0.808. The van der Waals surface area contributed by atoms with Crippen LogP contribution in [0.4, 0.5) is 0 Å². The fraction of sp³-hybridized carbons (Fsp3) is 0.524. The van der Waals surface area contributed by atoms with Crippen LogP contribution in [0.25, 0.3) is 0 Å². The number of nitrogens with one attached hydrogen (secondary N) is 1. The number of rotatable bonds is 4. The van der Waals surface area contributed by atoms with Crippen LogP contribution < -0.4 is 10.1 Å². The molecule has 2 aliphatic rings. The van der Waals surface area contributed by atoms with Gasteiger partial charge in [0.15, 0.2) is 0 Å². The second-order valence-electron chi connectivity index (χ2n) is 7.38. The highest BCUT2D eigenvalue weighted by Crippen LogP contribution is 2.47. The lowest BCUT2D eigenvalue weighted by atomic mass is 9.71. The molecule has 4 rings (SSSR count). The summed E-state index contributed by atoms with van der Waals surface area (Å²) in [6.45, 7) is 4.33. The van der Waals surface area contributed by atoms with Crippen LogP contribution in [-0.4, -0.2) is 48.2 Å². The van der Waals surface area contributed by atoms with E-state index in [1.807, 2.05) is 24.5 Å². The minimum Gasteiger partial charge on any atom is -0.497 e. The van der Waals surface area contributed by atoms with Gasteiger partial charge in [-0.3, -0.25) is 4.90 Å². The molecule has 2 aromatic rings. The Labute approximate surface area is 180 Å². The Morgan fingerprint density at radius 2 is 1.71 bits per heavy atom. The highest BCUT2D eigenvalue weighted by molar-refractivity contribution is 5.85. The maximum atomic E-state index is 5.52. The summed E-state index contributed by atoms with van der Waals surface area (Å²) in [7, 11) is 1.75. The van der Waals surface area contributed by atoms with Gasteiger partial charge in [0.2, 0.25) is 0 Å². The predicted octanol–water partition coefficient (Wildman–Crippen LogP) is 3.79. The van der Waals surface area contributed by atoms with E-state index in [-0.39, 0.29) is 30.4 Å². The van der Waals surface area contributed by atoms with E-state index in [4.69, 9.17) is 4.74 Å². The van der Waals surface area contributed by atoms with Crippen LogP contribution in [0.2, 0.25) is 0 Å². The molecule has 2 heterocycles. The van der Waals surface area contributed by atoms with E-state index >= 15 is 0 Å². The first-order valence-corrected chi connectivity index (χ1v) is 9.69. The third-order valence-corrected chi connectivity index (χ3v) is 6.09. The molecule has 1 saturated carbocycles. The maximum Gasteiger partial charge on any atom is 0.131 e. The first kappa shape index (κ1) is 22.9. The van der Waals surface area contributed by atoms with E-state index in [2.05, 4.69) is 38.4 Å². The zero-order valence-corrected chi connectivity index (χ0v) is 18.0. The average Bonchev–Trinajstić information content (AvgIpc) is 2.75. The Kier molecular flexibility index (Phi) is 8.50. The van der Waals surface area contributed by atoms with Gasteiger partial charge in [-0.15, -0.1) is 24.8 Å². The standard InChI is InChI=1S/C21H28N4O.2ClH/c1-26-19-5-2-4-18(16-19)21(25-14-12-22-13-15-25)8-6-17(7-9-21)20-23-10-3-11-24-20;;/h2-5,10-11,16-17,22H,6-9,12-15H2,1H3;2*1H. The van der Waals surface area contributed by atoms with E-state index in [0.29, 0.717) is 5.92 Å². The third kappa shape index (κ3) is 4.60. The molecule has 0 atom stereocenters. The molecule has 2 fully saturated rings. The smallest absolute Gasteiger partial charge is 0.131 e. The SMILES string of the molecule is COc1cccc(C2(N3CCNCC3)CCC(c3ncccn3)CC2)c1.Cl.Cl. The van der Waals surface area contributed by atoms with Gasteiger partial charge in [-0.2, -0.15) is 0 Å². The molecule has 0 amide bonds. The van der Waals surface area contributed by atoms with E-state index < -0.39 is 0 Å². The average molecular weight is 425 g/mol. The number of aromatic nitrogens is 2. The first-order valence-electron chi connectivity index (χ1n) is 9.69. The van der Waals surface area contributed by atoms with Gasteiger partial charge in [0.1, 0.15) is 11.6 Å². The van der Waals surface area contributed by atoms with Crippen LogP contribution in [-0.2, 0) is 5.54 Å². The van der Waals surface area contributed by atoms with Gasteiger partial charge in [-0.1, -0.05) is 12.1 Å². The monoisotopic (exact) mass is 424 g/mol. The van der Waals surface area contributed by atoms with Crippen molar-refractivity contribution in [3.8, 4) is 5.75 Å². The van der Waals surface area contributed by atoms with E-state index in [9.17, 15) is 0 Å². The lowest BCUT2D eigenvalue weighted by Gasteiger charge is -2.50. The summed E-state index contributed by atoms with van der Waals surface area (Å²) in [5.41, 5.74) is 1.49. The number of hydrogen-bond acceptors (Lipinski definition) is 5. The van der Waals surface area contributed by atoms with Crippen molar-refractivity contribution in [3.05, 3.63) is 54.1 Å². The molecule has 1 saturated heterocycles. The van der Waals surface area contributed by atoms with Gasteiger partial charge in [0.25, 0.3) is 0 Å². The molecule has 5 nitrogen and oxygen atoms in total. The molecule has 1 aliphatic carbocycles. The fourth-order valence-corrected chi connectivity index (χ4v) is 4.67. The molecule has 0 unspecified atom stereocenters. The third-order valence-electron chi connectivity index (χ3n) is 6.09. The van der Waals surface area contributed by atoms with Crippen LogP contribution in [0.5, 0.6) is 5.75 Å². The van der Waals surface area contributed by atoms with Crippen molar-refractivity contribution < 1.29 is 4.74 Å². The van der Waals surface area contributed by atoms with Crippen molar-refractivity contribution in [2.75, 3.05) is 33.3 Å². The highest BCUT2D eigenvalue weighted by atomic mass is 35.5. The lowest BCUT2D eigenvalue weighted by Crippen LogP contribution is -2.55. The second kappa shape index (κ2) is 10.4. The zero-order chi connectivity index (χ0) is 17.8. The summed E-state index contributed by atoms with van der Waals surface area (Å²) in [5, 5.41) is 3.49. The van der Waals surface area contributed by atoms with Gasteiger partial charge in [0, 0.05) is 50.0 Å². The largest absolute Gasteiger partial charge is 0.497 e. The molecule has 7 heteroatoms. The van der Waals surface area contributed by atoms with Crippen molar-refractivity contribution in [2.45, 2.75) is 37.1 Å². The van der Waals surface area contributed by atoms with Gasteiger partial charge in [0.05, 0.1) is 7.11 Å². The fourth-order valence-electron chi connectivity index (χ4n) is 4.67. The van der Waals surface area contributed by atoms with Gasteiger partial charge >= 0.3 is 0 Å². The Morgan fingerprint density at radius 3 is 2.36 bits per heavy atom. The second-order valence-corrected chi connectivity index (χ2v) is 7.38. The lowest BCUT2D eigenvalue weighted by molar-refractivity contribution is 0.0304. The minimum atomic E-state index is 0. The molecule has 1 N–H and O–H groups in total. The Bertz CT molecular complexity index is 717. The summed E-state index contributed by atoms with van der Waals surface area (Å²) in [6.07, 6.45) is 8.27. The van der Waals surface area contributed by atoms with Crippen molar-refractivity contribution >= 4 is 24.8 Å². The van der Waals surface area contributed by atoms with Crippen molar-refractivity contribution in [1.82, 2.24) is 20.2 Å². The number of nitrogens with zero attached hydrogens (tertiary/aromatic N) is 3. The molecule has 1 aromatic heterocycles. The molecular formula is C21H30Cl2N4O. The highest BCUT2D eigenvalue weighted by Gasteiger charge is 2.42. The summed E-state index contributed by atoms with van der Waals surface area (Å²) in [4.78, 5) is 11.7. The normalized spacial score (nSPS) is 25.2. The topological polar surface area (TPSA) is 50.3 Å². The van der Waals surface area contributed by atoms with Crippen LogP contribution >= 0.6 is 24.8 Å². The zero-order valence-electron chi connectivity index (χ0n) is 16.3. The molecule has 28 heavy (non-hydrogen) atoms. The summed E-state index contributed by atoms with van der Waals surface area (Å²) < 4.78 is 5.52. The molecular weight excluding hydrogens is 395 g/mol. The van der Waals surface area contributed by atoms with Gasteiger partial charge in [-0.05, 0) is 49.4 Å². The summed E-state index contributed by atoms with van der Waals surface area (Å²) in [6, 6.07) is 10.6. The molecule has 154 valence electrons. The number of benzene rings is 1. The van der Waals surface area contributed by atoms with Gasteiger partial charge < -0.3 is 10.1 Å². The molecule has 0 bridgehead atoms. The van der Waals surface area contributed by atoms with E-state index in [1.54, 1.807) is 7.11 Å². The molecule has 0 radical (unpaired) electrons. The summed E-state index contributed by atoms with van der Waals surface area (Å²) in [5.74, 6) is 2.43. The number of halogens is 2. The Hall–Kier alpha value is -1.40. The van der Waals surface area contributed by atoms with E-state index in [0.717, 1.165) is 63.4 Å². The first-order chi connectivity index (χ1) is 12.8. The van der Waals surface area contributed by atoms with Crippen LogP contribution in [0.1, 0.15) is 43.0 Å². The molecule has 1 aromatic carbocycles. The van der Waals surface area contributed by atoms with Gasteiger partial charge in [-0.25, -0.2) is 9.97 Å².